The van der Waals surface area contributed by atoms with E-state index in [1.807, 2.05) is 24.3 Å². The van der Waals surface area contributed by atoms with Crippen molar-refractivity contribution >= 4 is 57.0 Å². The zero-order chi connectivity index (χ0) is 19.3. The molecular formula is C18H25IN4O3S2. The van der Waals surface area contributed by atoms with E-state index in [-0.39, 0.29) is 29.9 Å². The van der Waals surface area contributed by atoms with E-state index in [4.69, 9.17) is 10.5 Å². The number of methoxy groups -OCH3 is 1. The normalized spacial score (nSPS) is 15.7. The summed E-state index contributed by atoms with van der Waals surface area (Å²) in [7, 11) is -1.81. The van der Waals surface area contributed by atoms with E-state index < -0.39 is 10.0 Å². The number of aliphatic imine (C=N–C) groups is 1. The molecule has 0 spiro atoms. The number of nitrogens with two attached hydrogens (primary N) is 1. The number of para-hydroxylation sites is 2. The zero-order valence-electron chi connectivity index (χ0n) is 15.6. The van der Waals surface area contributed by atoms with Crippen LogP contribution in [0.2, 0.25) is 0 Å². The van der Waals surface area contributed by atoms with Crippen molar-refractivity contribution in [3.8, 4) is 5.75 Å². The van der Waals surface area contributed by atoms with Gasteiger partial charge < -0.3 is 15.8 Å². The summed E-state index contributed by atoms with van der Waals surface area (Å²) in [5, 5.41) is 3.00. The van der Waals surface area contributed by atoms with Crippen LogP contribution in [0.3, 0.4) is 0 Å². The van der Waals surface area contributed by atoms with Gasteiger partial charge in [-0.25, -0.2) is 13.4 Å². The van der Waals surface area contributed by atoms with Crippen molar-refractivity contribution in [3.63, 3.8) is 0 Å². The molecule has 1 fully saturated rings. The van der Waals surface area contributed by atoms with Crippen LogP contribution < -0.4 is 15.8 Å². The lowest BCUT2D eigenvalue weighted by atomic mass is 10.2. The third kappa shape index (κ3) is 5.58. The van der Waals surface area contributed by atoms with Gasteiger partial charge in [0.1, 0.15) is 9.96 Å². The molecule has 0 atom stereocenters. The third-order valence-corrected chi connectivity index (χ3v) is 7.76. The van der Waals surface area contributed by atoms with Gasteiger partial charge in [0.2, 0.25) is 0 Å². The van der Waals surface area contributed by atoms with Crippen molar-refractivity contribution in [1.82, 2.24) is 4.31 Å². The number of benzene rings is 1. The van der Waals surface area contributed by atoms with E-state index >= 15 is 0 Å². The number of anilines is 1. The number of nitrogens with zero attached hydrogens (tertiary/aromatic N) is 2. The van der Waals surface area contributed by atoms with Crippen LogP contribution in [0.4, 0.5) is 5.69 Å². The Morgan fingerprint density at radius 2 is 1.93 bits per heavy atom. The monoisotopic (exact) mass is 536 g/mol. The second kappa shape index (κ2) is 10.4. The molecule has 3 rings (SSSR count). The molecule has 3 N–H and O–H groups in total. The third-order valence-electron chi connectivity index (χ3n) is 4.32. The largest absolute Gasteiger partial charge is 0.495 e. The molecule has 0 amide bonds. The Kier molecular flexibility index (Phi) is 8.53. The van der Waals surface area contributed by atoms with Crippen LogP contribution in [-0.2, 0) is 16.6 Å². The van der Waals surface area contributed by atoms with Crippen LogP contribution in [0.5, 0.6) is 5.75 Å². The van der Waals surface area contributed by atoms with Crippen LogP contribution in [0.1, 0.15) is 24.1 Å². The molecule has 1 aliphatic heterocycles. The lowest BCUT2D eigenvalue weighted by Gasteiger charge is -2.25. The molecular weight excluding hydrogens is 511 g/mol. The maximum atomic E-state index is 12.7. The van der Waals surface area contributed by atoms with Gasteiger partial charge in [-0.3, -0.25) is 0 Å². The van der Waals surface area contributed by atoms with Crippen LogP contribution in [0.15, 0.2) is 45.6 Å². The highest BCUT2D eigenvalue weighted by molar-refractivity contribution is 14.0. The van der Waals surface area contributed by atoms with Gasteiger partial charge in [-0.15, -0.1) is 35.3 Å². The van der Waals surface area contributed by atoms with Gasteiger partial charge in [0.05, 0.1) is 19.3 Å². The number of guanidine groups is 1. The Morgan fingerprint density at radius 3 is 2.64 bits per heavy atom. The quantitative estimate of drug-likeness (QED) is 0.335. The van der Waals surface area contributed by atoms with Crippen molar-refractivity contribution in [2.24, 2.45) is 10.7 Å². The summed E-state index contributed by atoms with van der Waals surface area (Å²) < 4.78 is 32.6. The molecule has 0 radical (unpaired) electrons. The lowest BCUT2D eigenvalue weighted by Crippen LogP contribution is -2.35. The van der Waals surface area contributed by atoms with E-state index in [0.717, 1.165) is 29.8 Å². The lowest BCUT2D eigenvalue weighted by molar-refractivity contribution is 0.347. The van der Waals surface area contributed by atoms with Gasteiger partial charge in [-0.1, -0.05) is 18.6 Å². The van der Waals surface area contributed by atoms with E-state index in [1.165, 1.54) is 11.3 Å². The molecule has 1 saturated heterocycles. The Hall–Kier alpha value is -1.37. The van der Waals surface area contributed by atoms with Gasteiger partial charge in [-0.05, 0) is 37.1 Å². The van der Waals surface area contributed by atoms with Gasteiger partial charge >= 0.3 is 0 Å². The smallest absolute Gasteiger partial charge is 0.252 e. The molecule has 1 aliphatic rings. The Labute approximate surface area is 187 Å². The minimum Gasteiger partial charge on any atom is -0.495 e. The summed E-state index contributed by atoms with van der Waals surface area (Å²) >= 11 is 1.24. The maximum Gasteiger partial charge on any atom is 0.252 e. The van der Waals surface area contributed by atoms with Gasteiger partial charge in [-0.2, -0.15) is 4.31 Å². The molecule has 2 heterocycles. The number of piperidine rings is 1. The molecule has 2 aromatic rings. The molecule has 7 nitrogen and oxygen atoms in total. The molecule has 28 heavy (non-hydrogen) atoms. The highest BCUT2D eigenvalue weighted by atomic mass is 127. The summed E-state index contributed by atoms with van der Waals surface area (Å²) in [6.45, 7) is 1.52. The van der Waals surface area contributed by atoms with Crippen LogP contribution in [0, 0.1) is 0 Å². The minimum absolute atomic E-state index is 0. The number of hydrogen-bond donors (Lipinski definition) is 2. The van der Waals surface area contributed by atoms with Crippen LogP contribution in [0.25, 0.3) is 0 Å². The first kappa shape index (κ1) is 22.9. The fourth-order valence-electron chi connectivity index (χ4n) is 2.90. The highest BCUT2D eigenvalue weighted by Crippen LogP contribution is 2.27. The number of thiophene rings is 1. The first-order valence-electron chi connectivity index (χ1n) is 8.79. The van der Waals surface area contributed by atoms with Crippen molar-refractivity contribution < 1.29 is 13.2 Å². The summed E-state index contributed by atoms with van der Waals surface area (Å²) in [4.78, 5) is 5.15. The number of ether oxygens (including phenoxy) is 1. The van der Waals surface area contributed by atoms with Gasteiger partial charge in [0.15, 0.2) is 5.96 Å². The van der Waals surface area contributed by atoms with Crippen LogP contribution >= 0.6 is 35.3 Å². The number of sulfonamides is 1. The van der Waals surface area contributed by atoms with Gasteiger partial charge in [0, 0.05) is 18.0 Å². The average molecular weight is 536 g/mol. The first-order chi connectivity index (χ1) is 13.0. The fraction of sp³-hybridized carbons (Fsp3) is 0.389. The summed E-state index contributed by atoms with van der Waals surface area (Å²) in [5.74, 6) is 0.912. The molecule has 0 unspecified atom stereocenters. The molecule has 10 heteroatoms. The van der Waals surface area contributed by atoms with E-state index in [1.54, 1.807) is 23.5 Å². The Morgan fingerprint density at radius 1 is 1.21 bits per heavy atom. The van der Waals surface area contributed by atoms with E-state index in [0.29, 0.717) is 29.6 Å². The highest BCUT2D eigenvalue weighted by Gasteiger charge is 2.27. The molecule has 0 saturated carbocycles. The van der Waals surface area contributed by atoms with Crippen molar-refractivity contribution in [3.05, 3.63) is 41.3 Å². The van der Waals surface area contributed by atoms with E-state index in [2.05, 4.69) is 10.3 Å². The average Bonchev–Trinajstić information content (AvgIpc) is 3.17. The second-order valence-electron chi connectivity index (χ2n) is 6.21. The summed E-state index contributed by atoms with van der Waals surface area (Å²) in [6.07, 6.45) is 2.94. The van der Waals surface area contributed by atoms with Crippen molar-refractivity contribution in [1.29, 1.82) is 0 Å². The predicted octanol–water partition coefficient (Wildman–Crippen LogP) is 3.48. The van der Waals surface area contributed by atoms with Gasteiger partial charge in [0.25, 0.3) is 10.0 Å². The number of halogens is 1. The van der Waals surface area contributed by atoms with E-state index in [9.17, 15) is 8.42 Å². The maximum absolute atomic E-state index is 12.7. The number of rotatable bonds is 6. The topological polar surface area (TPSA) is 97.0 Å². The molecule has 154 valence electrons. The number of hydrogen-bond acceptors (Lipinski definition) is 5. The zero-order valence-corrected chi connectivity index (χ0v) is 19.6. The van der Waals surface area contributed by atoms with Crippen LogP contribution in [-0.4, -0.2) is 38.9 Å². The molecule has 1 aromatic carbocycles. The molecule has 0 aliphatic carbocycles. The van der Waals surface area contributed by atoms with Crippen molar-refractivity contribution in [2.75, 3.05) is 25.5 Å². The SMILES string of the molecule is COc1ccccc1NC(N)=NCc1ccc(S(=O)(=O)N2CCCCC2)s1.I. The fourth-order valence-corrected chi connectivity index (χ4v) is 5.85. The second-order valence-corrected chi connectivity index (χ2v) is 9.55. The van der Waals surface area contributed by atoms with Crippen molar-refractivity contribution in [2.45, 2.75) is 30.0 Å². The first-order valence-corrected chi connectivity index (χ1v) is 11.0. The Bertz CT molecular complexity index is 909. The minimum atomic E-state index is -3.40. The molecule has 1 aromatic heterocycles. The molecule has 0 bridgehead atoms. The predicted molar refractivity (Wildman–Crippen MR) is 124 cm³/mol. The number of nitrogens with one attached hydrogen (secondary N) is 1. The Balaban J connectivity index is 0.00000280. The summed E-state index contributed by atoms with van der Waals surface area (Å²) in [6, 6.07) is 10.9. The summed E-state index contributed by atoms with van der Waals surface area (Å²) in [5.41, 5.74) is 6.67. The standard InChI is InChI=1S/C18H24N4O3S2.HI/c1-25-16-8-4-3-7-15(16)21-18(19)20-13-14-9-10-17(26-14)27(23,24)22-11-5-2-6-12-22;/h3-4,7-10H,2,5-6,11-13H2,1H3,(H3,19,20,21);1H.